The maximum Gasteiger partial charge on any atom is 0.267 e. The quantitative estimate of drug-likeness (QED) is 0.869. The summed E-state index contributed by atoms with van der Waals surface area (Å²) in [5.74, 6) is -0.0400. The molecule has 0 fully saturated rings. The van der Waals surface area contributed by atoms with Crippen LogP contribution >= 0.6 is 11.5 Å². The lowest BCUT2D eigenvalue weighted by Gasteiger charge is -2.26. The molecule has 0 spiro atoms. The molecule has 1 amide bonds. The van der Waals surface area contributed by atoms with Crippen LogP contribution in [0.1, 0.15) is 29.1 Å². The number of nitrogens with two attached hydrogens (primary N) is 1. The second-order valence-corrected chi connectivity index (χ2v) is 5.34. The zero-order valence-electron chi connectivity index (χ0n) is 10.9. The fourth-order valence-electron chi connectivity index (χ4n) is 1.71. The monoisotopic (exact) mass is 276 g/mol. The molecular formula is C13H16N4OS. The van der Waals surface area contributed by atoms with Crippen LogP contribution in [0.3, 0.4) is 0 Å². The summed E-state index contributed by atoms with van der Waals surface area (Å²) in [6, 6.07) is 7.65. The number of carbonyl (C=O) groups excluding carboxylic acids is 1. The number of anilines is 1. The molecule has 1 aromatic heterocycles. The van der Waals surface area contributed by atoms with E-state index in [1.165, 1.54) is 6.20 Å². The summed E-state index contributed by atoms with van der Waals surface area (Å²) in [4.78, 5) is 14.7. The van der Waals surface area contributed by atoms with Crippen LogP contribution in [0.4, 0.5) is 5.69 Å². The number of rotatable bonds is 4. The molecule has 0 aliphatic heterocycles. The Hall–Kier alpha value is -1.95. The number of nitrogens with zero attached hydrogens (tertiary/aromatic N) is 3. The van der Waals surface area contributed by atoms with Crippen LogP contribution in [0, 0.1) is 0 Å². The first-order valence-electron chi connectivity index (χ1n) is 6.00. The van der Waals surface area contributed by atoms with E-state index in [-0.39, 0.29) is 11.9 Å². The fourth-order valence-corrected chi connectivity index (χ4v) is 2.18. The summed E-state index contributed by atoms with van der Waals surface area (Å²) >= 11 is 1.12. The van der Waals surface area contributed by atoms with Gasteiger partial charge in [-0.25, -0.2) is 0 Å². The van der Waals surface area contributed by atoms with Crippen molar-refractivity contribution < 1.29 is 4.79 Å². The SMILES string of the molecule is CC(C)N(Cc1ccc(N)cc1)C(=O)c1cnns1. The van der Waals surface area contributed by atoms with E-state index >= 15 is 0 Å². The molecule has 1 heterocycles. The van der Waals surface area contributed by atoms with Crippen LogP contribution in [0.25, 0.3) is 0 Å². The van der Waals surface area contributed by atoms with Crippen molar-refractivity contribution in [2.75, 3.05) is 5.73 Å². The van der Waals surface area contributed by atoms with E-state index in [9.17, 15) is 4.79 Å². The molecule has 100 valence electrons. The minimum atomic E-state index is -0.0400. The molecule has 5 nitrogen and oxygen atoms in total. The van der Waals surface area contributed by atoms with Crippen molar-refractivity contribution in [3.8, 4) is 0 Å². The number of nitrogen functional groups attached to an aromatic ring is 1. The number of aromatic nitrogens is 2. The summed E-state index contributed by atoms with van der Waals surface area (Å²) in [6.45, 7) is 4.53. The molecule has 0 saturated heterocycles. The standard InChI is InChI=1S/C13H16N4OS/c1-9(2)17(13(18)12-7-15-16-19-12)8-10-3-5-11(14)6-4-10/h3-7,9H,8,14H2,1-2H3. The third-order valence-corrected chi connectivity index (χ3v) is 3.44. The molecule has 2 rings (SSSR count). The van der Waals surface area contributed by atoms with E-state index < -0.39 is 0 Å². The summed E-state index contributed by atoms with van der Waals surface area (Å²) in [5, 5.41) is 3.71. The van der Waals surface area contributed by atoms with E-state index in [1.807, 2.05) is 38.1 Å². The maximum absolute atomic E-state index is 12.4. The molecule has 2 N–H and O–H groups in total. The van der Waals surface area contributed by atoms with Gasteiger partial charge in [0, 0.05) is 18.3 Å². The topological polar surface area (TPSA) is 72.1 Å². The Morgan fingerprint density at radius 1 is 1.37 bits per heavy atom. The van der Waals surface area contributed by atoms with Crippen LogP contribution < -0.4 is 5.73 Å². The molecule has 0 saturated carbocycles. The predicted molar refractivity (Wildman–Crippen MR) is 75.8 cm³/mol. The second-order valence-electron chi connectivity index (χ2n) is 4.55. The zero-order valence-corrected chi connectivity index (χ0v) is 11.7. The van der Waals surface area contributed by atoms with Gasteiger partial charge in [0.15, 0.2) is 0 Å². The minimum Gasteiger partial charge on any atom is -0.399 e. The van der Waals surface area contributed by atoms with Crippen molar-refractivity contribution in [1.29, 1.82) is 0 Å². The van der Waals surface area contributed by atoms with Crippen molar-refractivity contribution in [2.24, 2.45) is 0 Å². The van der Waals surface area contributed by atoms with Gasteiger partial charge in [0.1, 0.15) is 4.88 Å². The van der Waals surface area contributed by atoms with Gasteiger partial charge in [0.25, 0.3) is 5.91 Å². The lowest BCUT2D eigenvalue weighted by molar-refractivity contribution is 0.0695. The van der Waals surface area contributed by atoms with E-state index in [0.717, 1.165) is 22.8 Å². The zero-order chi connectivity index (χ0) is 13.8. The summed E-state index contributed by atoms with van der Waals surface area (Å²) in [6.07, 6.45) is 1.51. The normalized spacial score (nSPS) is 10.7. The molecule has 0 aliphatic carbocycles. The van der Waals surface area contributed by atoms with E-state index in [2.05, 4.69) is 9.59 Å². The van der Waals surface area contributed by atoms with Crippen LogP contribution in [0.5, 0.6) is 0 Å². The average Bonchev–Trinajstić information content (AvgIpc) is 2.91. The summed E-state index contributed by atoms with van der Waals surface area (Å²) in [7, 11) is 0. The van der Waals surface area contributed by atoms with Gasteiger partial charge >= 0.3 is 0 Å². The Balaban J connectivity index is 2.17. The third kappa shape index (κ3) is 3.29. The number of amides is 1. The first kappa shape index (κ1) is 13.5. The van der Waals surface area contributed by atoms with Gasteiger partial charge in [0.05, 0.1) is 6.20 Å². The van der Waals surface area contributed by atoms with Crippen molar-refractivity contribution >= 4 is 23.1 Å². The first-order chi connectivity index (χ1) is 9.08. The Labute approximate surface area is 116 Å². The van der Waals surface area contributed by atoms with Crippen molar-refractivity contribution in [3.05, 3.63) is 40.9 Å². The van der Waals surface area contributed by atoms with Crippen molar-refractivity contribution in [2.45, 2.75) is 26.4 Å². The molecule has 0 unspecified atom stereocenters. The van der Waals surface area contributed by atoms with Gasteiger partial charge in [-0.3, -0.25) is 4.79 Å². The molecule has 0 radical (unpaired) electrons. The average molecular weight is 276 g/mol. The van der Waals surface area contributed by atoms with Crippen LogP contribution in [0.2, 0.25) is 0 Å². The van der Waals surface area contributed by atoms with Gasteiger partial charge in [-0.1, -0.05) is 16.6 Å². The number of hydrogen-bond acceptors (Lipinski definition) is 5. The van der Waals surface area contributed by atoms with Crippen molar-refractivity contribution in [3.63, 3.8) is 0 Å². The molecule has 2 aromatic rings. The van der Waals surface area contributed by atoms with Gasteiger partial charge < -0.3 is 10.6 Å². The number of carbonyl (C=O) groups is 1. The van der Waals surface area contributed by atoms with Crippen LogP contribution in [-0.4, -0.2) is 26.4 Å². The Morgan fingerprint density at radius 2 is 2.05 bits per heavy atom. The third-order valence-electron chi connectivity index (χ3n) is 2.79. The highest BCUT2D eigenvalue weighted by atomic mass is 32.1. The molecule has 0 aliphatic rings. The molecule has 0 bridgehead atoms. The lowest BCUT2D eigenvalue weighted by atomic mass is 10.1. The van der Waals surface area contributed by atoms with Gasteiger partial charge in [-0.05, 0) is 43.1 Å². The van der Waals surface area contributed by atoms with Gasteiger partial charge in [-0.15, -0.1) is 5.10 Å². The number of hydrogen-bond donors (Lipinski definition) is 1. The fraction of sp³-hybridized carbons (Fsp3) is 0.308. The Bertz CT molecular complexity index is 536. The van der Waals surface area contributed by atoms with Crippen LogP contribution in [0.15, 0.2) is 30.5 Å². The highest BCUT2D eigenvalue weighted by Gasteiger charge is 2.20. The Morgan fingerprint density at radius 3 is 2.58 bits per heavy atom. The summed E-state index contributed by atoms with van der Waals surface area (Å²) < 4.78 is 3.73. The molecule has 1 aromatic carbocycles. The van der Waals surface area contributed by atoms with Gasteiger partial charge in [-0.2, -0.15) is 0 Å². The Kier molecular flexibility index (Phi) is 4.11. The van der Waals surface area contributed by atoms with E-state index in [0.29, 0.717) is 11.4 Å². The van der Waals surface area contributed by atoms with Gasteiger partial charge in [0.2, 0.25) is 0 Å². The van der Waals surface area contributed by atoms with Crippen molar-refractivity contribution in [1.82, 2.24) is 14.5 Å². The minimum absolute atomic E-state index is 0.0400. The van der Waals surface area contributed by atoms with E-state index in [1.54, 1.807) is 4.90 Å². The molecule has 6 heteroatoms. The predicted octanol–water partition coefficient (Wildman–Crippen LogP) is 2.17. The van der Waals surface area contributed by atoms with Crippen LogP contribution in [-0.2, 0) is 6.54 Å². The first-order valence-corrected chi connectivity index (χ1v) is 6.78. The largest absolute Gasteiger partial charge is 0.399 e. The molecule has 0 atom stereocenters. The number of benzene rings is 1. The summed E-state index contributed by atoms with van der Waals surface area (Å²) in [5.41, 5.74) is 7.43. The second kappa shape index (κ2) is 5.79. The highest BCUT2D eigenvalue weighted by molar-refractivity contribution is 7.07. The van der Waals surface area contributed by atoms with E-state index in [4.69, 9.17) is 5.73 Å². The lowest BCUT2D eigenvalue weighted by Crippen LogP contribution is -2.36. The maximum atomic E-state index is 12.4. The molecular weight excluding hydrogens is 260 g/mol. The molecule has 19 heavy (non-hydrogen) atoms. The smallest absolute Gasteiger partial charge is 0.267 e. The highest BCUT2D eigenvalue weighted by Crippen LogP contribution is 2.15.